The van der Waals surface area contributed by atoms with Crippen molar-refractivity contribution in [2.24, 2.45) is 7.05 Å². The molecule has 0 amide bonds. The summed E-state index contributed by atoms with van der Waals surface area (Å²) in [6.45, 7) is 0.644. The summed E-state index contributed by atoms with van der Waals surface area (Å²) in [6.07, 6.45) is 1.65. The highest BCUT2D eigenvalue weighted by Crippen LogP contribution is 2.29. The molecule has 0 aliphatic heterocycles. The Balaban J connectivity index is 1.66. The predicted octanol–water partition coefficient (Wildman–Crippen LogP) is 5.03. The van der Waals surface area contributed by atoms with Crippen LogP contribution in [-0.4, -0.2) is 24.3 Å². The quantitative estimate of drug-likeness (QED) is 0.375. The zero-order valence-corrected chi connectivity index (χ0v) is 17.5. The molecule has 4 rings (SSSR count). The number of nitrogens with zero attached hydrogens (tertiary/aromatic N) is 5. The molecule has 0 aliphatic rings. The first kappa shape index (κ1) is 18.3. The van der Waals surface area contributed by atoms with Crippen LogP contribution in [0, 0.1) is 0 Å². The van der Waals surface area contributed by atoms with Crippen molar-refractivity contribution in [3.8, 4) is 11.6 Å². The highest BCUT2D eigenvalue weighted by Gasteiger charge is 2.18. The van der Waals surface area contributed by atoms with Crippen LogP contribution in [0.2, 0.25) is 5.15 Å². The maximum absolute atomic E-state index is 6.08. The molecular weight excluding hydrogens is 450 g/mol. The molecule has 0 unspecified atom stereocenters. The molecule has 0 saturated heterocycles. The fraction of sp³-hybridized carbons (Fsp3) is 0.167. The first-order chi connectivity index (χ1) is 13.1. The maximum Gasteiger partial charge on any atom is 0.200 e. The monoisotopic (exact) mass is 463 g/mol. The average molecular weight is 465 g/mol. The summed E-state index contributed by atoms with van der Waals surface area (Å²) in [5.74, 6) is 2.86. The van der Waals surface area contributed by atoms with Gasteiger partial charge in [0.1, 0.15) is 11.0 Å². The first-order valence-corrected chi connectivity index (χ1v) is 10.3. The number of hydrogen-bond acceptors (Lipinski definition) is 5. The summed E-state index contributed by atoms with van der Waals surface area (Å²) < 4.78 is 10.3. The van der Waals surface area contributed by atoms with Gasteiger partial charge in [-0.15, -0.1) is 10.2 Å². The molecule has 0 radical (unpaired) electrons. The Kier molecular flexibility index (Phi) is 5.38. The predicted molar refractivity (Wildman–Crippen MR) is 109 cm³/mol. The minimum atomic E-state index is 0.609. The lowest BCUT2D eigenvalue weighted by molar-refractivity contribution is 0.545. The molecule has 138 valence electrons. The Morgan fingerprint density at radius 2 is 1.96 bits per heavy atom. The fourth-order valence-corrected chi connectivity index (χ4v) is 3.99. The summed E-state index contributed by atoms with van der Waals surface area (Å²) in [5, 5.41) is 10.1. The zero-order valence-electron chi connectivity index (χ0n) is 14.3. The van der Waals surface area contributed by atoms with Crippen LogP contribution in [0.3, 0.4) is 0 Å². The van der Waals surface area contributed by atoms with Crippen molar-refractivity contribution in [2.45, 2.75) is 17.5 Å². The lowest BCUT2D eigenvalue weighted by Crippen LogP contribution is -2.04. The molecule has 0 aliphatic carbocycles. The second kappa shape index (κ2) is 7.92. The highest BCUT2D eigenvalue weighted by atomic mass is 79.9. The molecule has 3 heterocycles. The second-order valence-corrected chi connectivity index (χ2v) is 7.94. The summed E-state index contributed by atoms with van der Waals surface area (Å²) in [6, 6.07) is 13.9. The summed E-state index contributed by atoms with van der Waals surface area (Å²) in [7, 11) is 1.89. The minimum Gasteiger partial charge on any atom is -0.446 e. The van der Waals surface area contributed by atoms with Gasteiger partial charge in [0.25, 0.3) is 0 Å². The standard InChI is InChI=1S/C18H15BrClN5OS/c1-24-15(20)9-21-16(24)11-27-18-23-22-17(13-7-8-14(19)26-13)25(18)10-12-5-3-2-4-6-12/h2-9H,10-11H2,1H3. The molecule has 0 saturated carbocycles. The van der Waals surface area contributed by atoms with Gasteiger partial charge in [-0.3, -0.25) is 4.57 Å². The van der Waals surface area contributed by atoms with Crippen LogP contribution in [-0.2, 0) is 19.3 Å². The van der Waals surface area contributed by atoms with Crippen LogP contribution < -0.4 is 0 Å². The van der Waals surface area contributed by atoms with Crippen molar-refractivity contribution in [1.82, 2.24) is 24.3 Å². The van der Waals surface area contributed by atoms with Crippen molar-refractivity contribution >= 4 is 39.3 Å². The smallest absolute Gasteiger partial charge is 0.200 e. The van der Waals surface area contributed by atoms with Crippen LogP contribution in [0.15, 0.2) is 62.9 Å². The zero-order chi connectivity index (χ0) is 18.8. The van der Waals surface area contributed by atoms with Gasteiger partial charge in [0.15, 0.2) is 15.6 Å². The van der Waals surface area contributed by atoms with Gasteiger partial charge in [-0.05, 0) is 33.6 Å². The van der Waals surface area contributed by atoms with E-state index in [0.29, 0.717) is 33.7 Å². The molecular formula is C18H15BrClN5OS. The van der Waals surface area contributed by atoms with E-state index in [1.54, 1.807) is 18.0 Å². The molecule has 0 atom stereocenters. The van der Waals surface area contributed by atoms with Gasteiger partial charge in [0.05, 0.1) is 18.5 Å². The number of imidazole rings is 1. The molecule has 9 heteroatoms. The SMILES string of the molecule is Cn1c(Cl)cnc1CSc1nnc(-c2ccc(Br)o2)n1Cc1ccccc1. The Bertz CT molecular complexity index is 1060. The van der Waals surface area contributed by atoms with Crippen LogP contribution in [0.5, 0.6) is 0 Å². The average Bonchev–Trinajstić information content (AvgIpc) is 3.36. The molecule has 3 aromatic heterocycles. The van der Waals surface area contributed by atoms with E-state index in [4.69, 9.17) is 16.0 Å². The van der Waals surface area contributed by atoms with Crippen molar-refractivity contribution in [3.63, 3.8) is 0 Å². The number of halogens is 2. The summed E-state index contributed by atoms with van der Waals surface area (Å²) in [5.41, 5.74) is 1.16. The van der Waals surface area contributed by atoms with E-state index in [1.165, 1.54) is 0 Å². The number of hydrogen-bond donors (Lipinski definition) is 0. The molecule has 0 fully saturated rings. The van der Waals surface area contributed by atoms with Crippen LogP contribution >= 0.6 is 39.3 Å². The van der Waals surface area contributed by atoms with Gasteiger partial charge < -0.3 is 8.98 Å². The van der Waals surface area contributed by atoms with Crippen molar-refractivity contribution < 1.29 is 4.42 Å². The van der Waals surface area contributed by atoms with Gasteiger partial charge in [-0.1, -0.05) is 53.7 Å². The fourth-order valence-electron chi connectivity index (χ4n) is 2.61. The Labute approximate surface area is 173 Å². The molecule has 4 aromatic rings. The Hall–Kier alpha value is -2.03. The van der Waals surface area contributed by atoms with Crippen molar-refractivity contribution in [3.05, 3.63) is 69.9 Å². The van der Waals surface area contributed by atoms with Crippen LogP contribution in [0.4, 0.5) is 0 Å². The van der Waals surface area contributed by atoms with Crippen molar-refractivity contribution in [1.29, 1.82) is 0 Å². The number of thioether (sulfide) groups is 1. The number of rotatable bonds is 6. The van der Waals surface area contributed by atoms with E-state index in [0.717, 1.165) is 16.5 Å². The van der Waals surface area contributed by atoms with Gasteiger partial charge >= 0.3 is 0 Å². The van der Waals surface area contributed by atoms with Crippen LogP contribution in [0.1, 0.15) is 11.4 Å². The number of benzene rings is 1. The van der Waals surface area contributed by atoms with Gasteiger partial charge in [0, 0.05) is 7.05 Å². The van der Waals surface area contributed by atoms with Crippen molar-refractivity contribution in [2.75, 3.05) is 0 Å². The van der Waals surface area contributed by atoms with E-state index < -0.39 is 0 Å². The number of furan rings is 1. The lowest BCUT2D eigenvalue weighted by Gasteiger charge is -2.09. The molecule has 27 heavy (non-hydrogen) atoms. The third-order valence-corrected chi connectivity index (χ3v) is 5.79. The van der Waals surface area contributed by atoms with E-state index >= 15 is 0 Å². The molecule has 0 bridgehead atoms. The second-order valence-electron chi connectivity index (χ2n) is 5.83. The van der Waals surface area contributed by atoms with Gasteiger partial charge in [0.2, 0.25) is 5.82 Å². The van der Waals surface area contributed by atoms with E-state index in [-0.39, 0.29) is 0 Å². The third-order valence-electron chi connectivity index (χ3n) is 4.05. The molecule has 0 N–H and O–H groups in total. The van der Waals surface area contributed by atoms with E-state index in [2.05, 4.69) is 47.8 Å². The normalized spacial score (nSPS) is 11.2. The molecule has 1 aromatic carbocycles. The minimum absolute atomic E-state index is 0.609. The highest BCUT2D eigenvalue weighted by molar-refractivity contribution is 9.10. The van der Waals surface area contributed by atoms with Gasteiger partial charge in [-0.2, -0.15) is 0 Å². The first-order valence-electron chi connectivity index (χ1n) is 8.13. The Morgan fingerprint density at radius 1 is 1.15 bits per heavy atom. The lowest BCUT2D eigenvalue weighted by atomic mass is 10.2. The Morgan fingerprint density at radius 3 is 2.63 bits per heavy atom. The molecule has 0 spiro atoms. The van der Waals surface area contributed by atoms with Gasteiger partial charge in [-0.25, -0.2) is 4.98 Å². The number of aromatic nitrogens is 5. The third kappa shape index (κ3) is 3.97. The van der Waals surface area contributed by atoms with E-state index in [9.17, 15) is 0 Å². The summed E-state index contributed by atoms with van der Waals surface area (Å²) >= 11 is 11.0. The van der Waals surface area contributed by atoms with Crippen LogP contribution in [0.25, 0.3) is 11.6 Å². The molecule has 6 nitrogen and oxygen atoms in total. The maximum atomic E-state index is 6.08. The largest absolute Gasteiger partial charge is 0.446 e. The van der Waals surface area contributed by atoms with E-state index in [1.807, 2.05) is 41.9 Å². The summed E-state index contributed by atoms with van der Waals surface area (Å²) in [4.78, 5) is 4.34. The topological polar surface area (TPSA) is 61.7 Å².